The third-order valence-corrected chi connectivity index (χ3v) is 4.71. The largest absolute Gasteiger partial charge is 0.321 e. The van der Waals surface area contributed by atoms with Gasteiger partial charge in [-0.15, -0.1) is 0 Å². The molecule has 0 unspecified atom stereocenters. The number of rotatable bonds is 2. The van der Waals surface area contributed by atoms with Gasteiger partial charge >= 0.3 is 0 Å². The summed E-state index contributed by atoms with van der Waals surface area (Å²) in [6.07, 6.45) is 5.15. The van der Waals surface area contributed by atoms with E-state index in [1.165, 1.54) is 6.26 Å². The zero-order valence-corrected chi connectivity index (χ0v) is 11.2. The molecule has 0 atom stereocenters. The summed E-state index contributed by atoms with van der Waals surface area (Å²) >= 11 is 0. The van der Waals surface area contributed by atoms with Gasteiger partial charge in [0.25, 0.3) is 0 Å². The van der Waals surface area contributed by atoms with Crippen molar-refractivity contribution in [3.05, 3.63) is 29.3 Å². The maximum Gasteiger partial charge on any atom is 0.175 e. The minimum atomic E-state index is -3.21. The van der Waals surface area contributed by atoms with Crippen LogP contribution in [0.3, 0.4) is 0 Å². The van der Waals surface area contributed by atoms with Crippen molar-refractivity contribution in [1.29, 1.82) is 0 Å². The molecule has 0 aliphatic heterocycles. The zero-order valence-electron chi connectivity index (χ0n) is 10.4. The van der Waals surface area contributed by atoms with Crippen molar-refractivity contribution in [2.75, 3.05) is 6.26 Å². The summed E-state index contributed by atoms with van der Waals surface area (Å²) in [7, 11) is -3.21. The first-order chi connectivity index (χ1) is 7.83. The molecule has 0 radical (unpaired) electrons. The van der Waals surface area contributed by atoms with E-state index in [1.807, 2.05) is 19.1 Å². The van der Waals surface area contributed by atoms with Crippen molar-refractivity contribution in [2.45, 2.75) is 43.0 Å². The topological polar surface area (TPSA) is 60.2 Å². The van der Waals surface area contributed by atoms with Gasteiger partial charge in [-0.2, -0.15) is 0 Å². The molecule has 1 aromatic carbocycles. The molecular formula is C13H19NO2S. The van der Waals surface area contributed by atoms with Crippen LogP contribution in [0.2, 0.25) is 0 Å². The van der Waals surface area contributed by atoms with Gasteiger partial charge in [-0.1, -0.05) is 25.0 Å². The van der Waals surface area contributed by atoms with Crippen LogP contribution in [-0.2, 0) is 15.4 Å². The third-order valence-electron chi connectivity index (χ3n) is 3.57. The normalized spacial score (nSPS) is 19.5. The van der Waals surface area contributed by atoms with Gasteiger partial charge in [0.05, 0.1) is 4.90 Å². The van der Waals surface area contributed by atoms with Crippen LogP contribution in [-0.4, -0.2) is 14.7 Å². The first-order valence-electron chi connectivity index (χ1n) is 5.93. The fourth-order valence-electron chi connectivity index (χ4n) is 2.62. The van der Waals surface area contributed by atoms with Crippen molar-refractivity contribution >= 4 is 9.84 Å². The molecular weight excluding hydrogens is 234 g/mol. The predicted octanol–water partition coefficient (Wildman–Crippen LogP) is 2.13. The fourth-order valence-corrected chi connectivity index (χ4v) is 3.69. The van der Waals surface area contributed by atoms with Gasteiger partial charge in [0.1, 0.15) is 0 Å². The van der Waals surface area contributed by atoms with Crippen LogP contribution >= 0.6 is 0 Å². The molecule has 2 rings (SSSR count). The Bertz CT molecular complexity index is 528. The molecule has 1 aliphatic carbocycles. The lowest BCUT2D eigenvalue weighted by Crippen LogP contribution is -2.34. The lowest BCUT2D eigenvalue weighted by Gasteiger charge is -2.26. The van der Waals surface area contributed by atoms with Gasteiger partial charge in [-0.25, -0.2) is 8.42 Å². The molecule has 0 heterocycles. The van der Waals surface area contributed by atoms with E-state index >= 15 is 0 Å². The van der Waals surface area contributed by atoms with Crippen LogP contribution in [0.15, 0.2) is 23.1 Å². The first kappa shape index (κ1) is 12.6. The van der Waals surface area contributed by atoms with Gasteiger partial charge in [0.2, 0.25) is 0 Å². The summed E-state index contributed by atoms with van der Waals surface area (Å²) in [4.78, 5) is 0.405. The molecule has 1 aromatic rings. The fraction of sp³-hybridized carbons (Fsp3) is 0.538. The second-order valence-electron chi connectivity index (χ2n) is 5.14. The van der Waals surface area contributed by atoms with Crippen molar-refractivity contribution in [3.63, 3.8) is 0 Å². The van der Waals surface area contributed by atoms with Crippen molar-refractivity contribution in [1.82, 2.24) is 0 Å². The van der Waals surface area contributed by atoms with Crippen LogP contribution in [0.4, 0.5) is 0 Å². The summed E-state index contributed by atoms with van der Waals surface area (Å²) in [5, 5.41) is 0. The lowest BCUT2D eigenvalue weighted by molar-refractivity contribution is 0.451. The van der Waals surface area contributed by atoms with Crippen LogP contribution in [0.5, 0.6) is 0 Å². The van der Waals surface area contributed by atoms with Crippen LogP contribution in [0.1, 0.15) is 36.8 Å². The molecule has 0 amide bonds. The Morgan fingerprint density at radius 1 is 1.24 bits per heavy atom. The smallest absolute Gasteiger partial charge is 0.175 e. The highest BCUT2D eigenvalue weighted by molar-refractivity contribution is 7.90. The molecule has 17 heavy (non-hydrogen) atoms. The summed E-state index contributed by atoms with van der Waals surface area (Å²) in [5.41, 5.74) is 7.66. The number of benzene rings is 1. The minimum absolute atomic E-state index is 0.405. The third kappa shape index (κ3) is 2.38. The summed E-state index contributed by atoms with van der Waals surface area (Å²) in [6, 6.07) is 5.56. The van der Waals surface area contributed by atoms with Crippen molar-refractivity contribution in [3.8, 4) is 0 Å². The number of hydrogen-bond acceptors (Lipinski definition) is 3. The SMILES string of the molecule is Cc1ccc(C2(N)CCCC2)c(S(C)(=O)=O)c1. The molecule has 94 valence electrons. The Morgan fingerprint density at radius 2 is 1.82 bits per heavy atom. The predicted molar refractivity (Wildman–Crippen MR) is 68.6 cm³/mol. The summed E-state index contributed by atoms with van der Waals surface area (Å²) in [6.45, 7) is 1.90. The van der Waals surface area contributed by atoms with E-state index in [1.54, 1.807) is 6.07 Å². The van der Waals surface area contributed by atoms with Crippen LogP contribution < -0.4 is 5.73 Å². The summed E-state index contributed by atoms with van der Waals surface area (Å²) in [5.74, 6) is 0. The lowest BCUT2D eigenvalue weighted by atomic mass is 9.89. The van der Waals surface area contributed by atoms with Gasteiger partial charge in [0.15, 0.2) is 9.84 Å². The Labute approximate surface area is 103 Å². The van der Waals surface area contributed by atoms with Gasteiger partial charge in [-0.3, -0.25) is 0 Å². The standard InChI is InChI=1S/C13H19NO2S/c1-10-5-6-11(12(9-10)17(2,15)16)13(14)7-3-4-8-13/h5-6,9H,3-4,7-8,14H2,1-2H3. The minimum Gasteiger partial charge on any atom is -0.321 e. The molecule has 0 bridgehead atoms. The molecule has 0 aromatic heterocycles. The van der Waals surface area contributed by atoms with E-state index < -0.39 is 15.4 Å². The van der Waals surface area contributed by atoms with E-state index in [2.05, 4.69) is 0 Å². The maximum absolute atomic E-state index is 11.8. The average molecular weight is 253 g/mol. The molecule has 1 aliphatic rings. The number of aryl methyl sites for hydroxylation is 1. The van der Waals surface area contributed by atoms with Gasteiger partial charge in [-0.05, 0) is 37.0 Å². The number of sulfone groups is 1. The molecule has 0 spiro atoms. The van der Waals surface area contributed by atoms with E-state index in [0.717, 1.165) is 36.8 Å². The molecule has 4 heteroatoms. The molecule has 1 fully saturated rings. The quantitative estimate of drug-likeness (QED) is 0.878. The Hall–Kier alpha value is -0.870. The van der Waals surface area contributed by atoms with Crippen molar-refractivity contribution < 1.29 is 8.42 Å². The second kappa shape index (κ2) is 4.10. The summed E-state index contributed by atoms with van der Waals surface area (Å²) < 4.78 is 23.7. The van der Waals surface area contributed by atoms with Crippen LogP contribution in [0, 0.1) is 6.92 Å². The highest BCUT2D eigenvalue weighted by Crippen LogP contribution is 2.39. The molecule has 1 saturated carbocycles. The van der Waals surface area contributed by atoms with E-state index in [-0.39, 0.29) is 0 Å². The zero-order chi connectivity index (χ0) is 12.7. The van der Waals surface area contributed by atoms with E-state index in [0.29, 0.717) is 4.90 Å². The number of nitrogens with two attached hydrogens (primary N) is 1. The van der Waals surface area contributed by atoms with E-state index in [4.69, 9.17) is 5.73 Å². The van der Waals surface area contributed by atoms with Crippen molar-refractivity contribution in [2.24, 2.45) is 5.73 Å². The first-order valence-corrected chi connectivity index (χ1v) is 7.82. The monoisotopic (exact) mass is 253 g/mol. The molecule has 0 saturated heterocycles. The highest BCUT2D eigenvalue weighted by Gasteiger charge is 2.34. The van der Waals surface area contributed by atoms with Gasteiger partial charge in [0, 0.05) is 11.8 Å². The average Bonchev–Trinajstić information content (AvgIpc) is 2.64. The highest BCUT2D eigenvalue weighted by atomic mass is 32.2. The Kier molecular flexibility index (Phi) is 3.04. The Morgan fingerprint density at radius 3 is 2.35 bits per heavy atom. The van der Waals surface area contributed by atoms with Crippen LogP contribution in [0.25, 0.3) is 0 Å². The Balaban J connectivity index is 2.62. The molecule has 2 N–H and O–H groups in total. The molecule has 3 nitrogen and oxygen atoms in total. The van der Waals surface area contributed by atoms with Gasteiger partial charge < -0.3 is 5.73 Å². The number of hydrogen-bond donors (Lipinski definition) is 1. The van der Waals surface area contributed by atoms with E-state index in [9.17, 15) is 8.42 Å². The second-order valence-corrected chi connectivity index (χ2v) is 7.12. The maximum atomic E-state index is 11.8.